The van der Waals surface area contributed by atoms with Crippen LogP contribution in [0.25, 0.3) is 0 Å². The Morgan fingerprint density at radius 3 is 2.26 bits per heavy atom. The Morgan fingerprint density at radius 1 is 1.00 bits per heavy atom. The first kappa shape index (κ1) is 15.0. The summed E-state index contributed by atoms with van der Waals surface area (Å²) in [5.41, 5.74) is 1.23. The van der Waals surface area contributed by atoms with Crippen LogP contribution in [-0.2, 0) is 16.0 Å². The molecule has 0 fully saturated rings. The number of carboxylic acids is 2. The minimum atomic E-state index is -1.21. The standard InChI is InChI=1S/C15H18O4/c16-14(17)11-13(15(18)19)10-6-2-5-9-12-7-3-1-4-8-12/h1,3-4,7-8,11H,2,5-6,9-10H2,(H,16,17)(H,18,19)/b13-11+. The van der Waals surface area contributed by atoms with E-state index in [1.165, 1.54) is 5.56 Å². The van der Waals surface area contributed by atoms with Gasteiger partial charge in [-0.25, -0.2) is 9.59 Å². The molecular formula is C15H18O4. The van der Waals surface area contributed by atoms with E-state index in [2.05, 4.69) is 12.1 Å². The van der Waals surface area contributed by atoms with E-state index >= 15 is 0 Å². The molecule has 1 aromatic rings. The van der Waals surface area contributed by atoms with E-state index in [1.807, 2.05) is 18.2 Å². The summed E-state index contributed by atoms with van der Waals surface area (Å²) >= 11 is 0. The van der Waals surface area contributed by atoms with Gasteiger partial charge < -0.3 is 10.2 Å². The molecule has 4 heteroatoms. The fourth-order valence-corrected chi connectivity index (χ4v) is 1.86. The van der Waals surface area contributed by atoms with Crippen LogP contribution < -0.4 is 0 Å². The first-order valence-electron chi connectivity index (χ1n) is 6.30. The number of hydrogen-bond donors (Lipinski definition) is 2. The molecule has 1 aromatic carbocycles. The van der Waals surface area contributed by atoms with Crippen molar-refractivity contribution in [2.45, 2.75) is 32.1 Å². The first-order chi connectivity index (χ1) is 9.09. The van der Waals surface area contributed by atoms with Crippen molar-refractivity contribution in [2.75, 3.05) is 0 Å². The molecule has 0 saturated heterocycles. The summed E-state index contributed by atoms with van der Waals surface area (Å²) in [4.78, 5) is 21.2. The van der Waals surface area contributed by atoms with E-state index < -0.39 is 11.9 Å². The van der Waals surface area contributed by atoms with Crippen molar-refractivity contribution in [3.05, 3.63) is 47.5 Å². The Morgan fingerprint density at radius 2 is 1.68 bits per heavy atom. The molecule has 0 atom stereocenters. The van der Waals surface area contributed by atoms with Crippen molar-refractivity contribution < 1.29 is 19.8 Å². The smallest absolute Gasteiger partial charge is 0.331 e. The highest BCUT2D eigenvalue weighted by atomic mass is 16.4. The van der Waals surface area contributed by atoms with Gasteiger partial charge in [-0.3, -0.25) is 0 Å². The van der Waals surface area contributed by atoms with Gasteiger partial charge in [-0.2, -0.15) is 0 Å². The molecule has 0 aliphatic carbocycles. The van der Waals surface area contributed by atoms with Crippen molar-refractivity contribution in [3.63, 3.8) is 0 Å². The van der Waals surface area contributed by atoms with Crippen LogP contribution in [0.4, 0.5) is 0 Å². The summed E-state index contributed by atoms with van der Waals surface area (Å²) in [6.07, 6.45) is 4.60. The van der Waals surface area contributed by atoms with Gasteiger partial charge in [0, 0.05) is 11.6 Å². The third kappa shape index (κ3) is 6.41. The lowest BCUT2D eigenvalue weighted by atomic mass is 10.0. The fraction of sp³-hybridized carbons (Fsp3) is 0.333. The van der Waals surface area contributed by atoms with Crippen LogP contribution in [-0.4, -0.2) is 22.2 Å². The predicted molar refractivity (Wildman–Crippen MR) is 72.0 cm³/mol. The second-order valence-electron chi connectivity index (χ2n) is 4.36. The maximum atomic E-state index is 10.8. The van der Waals surface area contributed by atoms with E-state index in [0.717, 1.165) is 25.3 Å². The Bertz CT molecular complexity index is 448. The van der Waals surface area contributed by atoms with Gasteiger partial charge in [-0.15, -0.1) is 0 Å². The average Bonchev–Trinajstić information content (AvgIpc) is 2.37. The second-order valence-corrected chi connectivity index (χ2v) is 4.36. The van der Waals surface area contributed by atoms with E-state index in [9.17, 15) is 9.59 Å². The summed E-state index contributed by atoms with van der Waals surface area (Å²) in [5, 5.41) is 17.4. The largest absolute Gasteiger partial charge is 0.478 e. The average molecular weight is 262 g/mol. The lowest BCUT2D eigenvalue weighted by molar-refractivity contribution is -0.135. The number of carboxylic acid groups (broad SMARTS) is 2. The number of rotatable bonds is 8. The molecule has 0 spiro atoms. The second kappa shape index (κ2) is 8.08. The molecular weight excluding hydrogens is 244 g/mol. The summed E-state index contributed by atoms with van der Waals surface area (Å²) in [7, 11) is 0. The summed E-state index contributed by atoms with van der Waals surface area (Å²) in [6.45, 7) is 0. The molecule has 0 bridgehead atoms. The number of aliphatic carboxylic acids is 2. The molecule has 0 saturated carbocycles. The van der Waals surface area contributed by atoms with Gasteiger partial charge in [0.05, 0.1) is 0 Å². The van der Waals surface area contributed by atoms with Crippen LogP contribution in [0.15, 0.2) is 42.0 Å². The monoisotopic (exact) mass is 262 g/mol. The summed E-state index contributed by atoms with van der Waals surface area (Å²) in [6, 6.07) is 10.1. The molecule has 102 valence electrons. The van der Waals surface area contributed by atoms with Crippen molar-refractivity contribution >= 4 is 11.9 Å². The number of aryl methyl sites for hydroxylation is 1. The first-order valence-corrected chi connectivity index (χ1v) is 6.30. The summed E-state index contributed by atoms with van der Waals surface area (Å²) in [5.74, 6) is -2.35. The molecule has 4 nitrogen and oxygen atoms in total. The highest BCUT2D eigenvalue weighted by Gasteiger charge is 2.08. The number of unbranched alkanes of at least 4 members (excludes halogenated alkanes) is 2. The van der Waals surface area contributed by atoms with Crippen LogP contribution >= 0.6 is 0 Å². The highest BCUT2D eigenvalue weighted by Crippen LogP contribution is 2.12. The van der Waals surface area contributed by atoms with Crippen LogP contribution in [0.3, 0.4) is 0 Å². The van der Waals surface area contributed by atoms with E-state index in [-0.39, 0.29) is 5.57 Å². The van der Waals surface area contributed by atoms with Crippen molar-refractivity contribution in [1.82, 2.24) is 0 Å². The molecule has 0 heterocycles. The number of hydrogen-bond acceptors (Lipinski definition) is 2. The van der Waals surface area contributed by atoms with Gasteiger partial charge >= 0.3 is 11.9 Å². The zero-order valence-corrected chi connectivity index (χ0v) is 10.7. The number of carbonyl (C=O) groups is 2. The Labute approximate surface area is 112 Å². The van der Waals surface area contributed by atoms with Crippen LogP contribution in [0.5, 0.6) is 0 Å². The minimum Gasteiger partial charge on any atom is -0.478 e. The van der Waals surface area contributed by atoms with Crippen LogP contribution in [0.1, 0.15) is 31.2 Å². The fourth-order valence-electron chi connectivity index (χ4n) is 1.86. The summed E-state index contributed by atoms with van der Waals surface area (Å²) < 4.78 is 0. The van der Waals surface area contributed by atoms with Gasteiger partial charge in [-0.05, 0) is 31.2 Å². The topological polar surface area (TPSA) is 74.6 Å². The maximum absolute atomic E-state index is 10.8. The van der Waals surface area contributed by atoms with Crippen LogP contribution in [0, 0.1) is 0 Å². The molecule has 0 aromatic heterocycles. The lowest BCUT2D eigenvalue weighted by Gasteiger charge is -2.03. The lowest BCUT2D eigenvalue weighted by Crippen LogP contribution is -2.04. The maximum Gasteiger partial charge on any atom is 0.331 e. The van der Waals surface area contributed by atoms with Gasteiger partial charge in [-0.1, -0.05) is 36.8 Å². The molecule has 1 rings (SSSR count). The molecule has 0 amide bonds. The quantitative estimate of drug-likeness (QED) is 0.558. The Kier molecular flexibility index (Phi) is 6.36. The van der Waals surface area contributed by atoms with E-state index in [0.29, 0.717) is 12.8 Å². The van der Waals surface area contributed by atoms with Crippen molar-refractivity contribution in [3.8, 4) is 0 Å². The molecule has 0 radical (unpaired) electrons. The third-order valence-electron chi connectivity index (χ3n) is 2.83. The molecule has 0 aliphatic rings. The minimum absolute atomic E-state index is 0.0350. The predicted octanol–water partition coefficient (Wildman–Crippen LogP) is 2.89. The van der Waals surface area contributed by atoms with Gasteiger partial charge in [0.2, 0.25) is 0 Å². The molecule has 2 N–H and O–H groups in total. The van der Waals surface area contributed by atoms with E-state index in [4.69, 9.17) is 10.2 Å². The SMILES string of the molecule is O=C(O)/C=C(\CCCCCc1ccccc1)C(=O)O. The van der Waals surface area contributed by atoms with Crippen LogP contribution in [0.2, 0.25) is 0 Å². The molecule has 19 heavy (non-hydrogen) atoms. The highest BCUT2D eigenvalue weighted by molar-refractivity contribution is 5.94. The molecule has 0 unspecified atom stereocenters. The van der Waals surface area contributed by atoms with Gasteiger partial charge in [0.1, 0.15) is 0 Å². The van der Waals surface area contributed by atoms with Gasteiger partial charge in [0.25, 0.3) is 0 Å². The Hall–Kier alpha value is -2.10. The van der Waals surface area contributed by atoms with Crippen molar-refractivity contribution in [1.29, 1.82) is 0 Å². The molecule has 0 aliphatic heterocycles. The van der Waals surface area contributed by atoms with E-state index in [1.54, 1.807) is 0 Å². The van der Waals surface area contributed by atoms with Crippen molar-refractivity contribution in [2.24, 2.45) is 0 Å². The zero-order chi connectivity index (χ0) is 14.1. The van der Waals surface area contributed by atoms with Gasteiger partial charge in [0.15, 0.2) is 0 Å². The zero-order valence-electron chi connectivity index (χ0n) is 10.7. The third-order valence-corrected chi connectivity index (χ3v) is 2.83. The number of benzene rings is 1. The normalized spacial score (nSPS) is 11.3. The Balaban J connectivity index is 2.26.